The number of aryl methyl sites for hydroxylation is 1. The van der Waals surface area contributed by atoms with Crippen LogP contribution < -0.4 is 9.88 Å². The highest BCUT2D eigenvalue weighted by Crippen LogP contribution is 2.51. The standard InChI is InChI=1S/C21H30N4O5S/c1-11-17-16(12(2)27)20(28)25(17)18(21(29)30)19(11)31-15-7-13(22-8-15)6-14-9-24(4-5-26)10-23(14)3/h9-13,15-17,22,26-27H,4-8H2,1-3H3/p+1/t11-,12-,13-,15+,16-,17-/m1/s1. The number of nitrogens with one attached hydrogen (secondary N) is 1. The third kappa shape index (κ3) is 3.90. The average Bonchev–Trinajstić information content (AvgIpc) is 3.33. The molecule has 4 N–H and O–H groups in total. The normalized spacial score (nSPS) is 31.2. The Labute approximate surface area is 185 Å². The molecule has 10 heteroatoms. The number of nitrogens with zero attached hydrogens (tertiary/aromatic N) is 3. The van der Waals surface area contributed by atoms with Crippen LogP contribution in [0.25, 0.3) is 0 Å². The summed E-state index contributed by atoms with van der Waals surface area (Å²) in [5, 5.41) is 32.7. The molecule has 0 saturated carbocycles. The molecule has 3 aliphatic rings. The molecule has 0 bridgehead atoms. The molecule has 4 rings (SSSR count). The lowest BCUT2D eigenvalue weighted by atomic mass is 9.79. The summed E-state index contributed by atoms with van der Waals surface area (Å²) in [5.41, 5.74) is 1.27. The monoisotopic (exact) mass is 451 g/mol. The molecule has 31 heavy (non-hydrogen) atoms. The molecule has 9 nitrogen and oxygen atoms in total. The van der Waals surface area contributed by atoms with Crippen molar-refractivity contribution in [2.75, 3.05) is 13.2 Å². The molecule has 1 aromatic rings. The van der Waals surface area contributed by atoms with Crippen molar-refractivity contribution in [1.82, 2.24) is 14.8 Å². The molecule has 0 radical (unpaired) electrons. The second-order valence-electron chi connectivity index (χ2n) is 8.87. The quantitative estimate of drug-likeness (QED) is 0.310. The van der Waals surface area contributed by atoms with Crippen molar-refractivity contribution in [2.45, 2.75) is 56.7 Å². The van der Waals surface area contributed by atoms with Gasteiger partial charge in [-0.15, -0.1) is 11.8 Å². The summed E-state index contributed by atoms with van der Waals surface area (Å²) in [6, 6.07) is 0.0136. The van der Waals surface area contributed by atoms with E-state index < -0.39 is 18.0 Å². The molecule has 2 fully saturated rings. The second kappa shape index (κ2) is 8.57. The first-order valence-corrected chi connectivity index (χ1v) is 11.6. The zero-order valence-corrected chi connectivity index (χ0v) is 18.9. The van der Waals surface area contributed by atoms with E-state index in [4.69, 9.17) is 5.11 Å². The largest absolute Gasteiger partial charge is 0.477 e. The smallest absolute Gasteiger partial charge is 0.353 e. The van der Waals surface area contributed by atoms with Crippen molar-refractivity contribution in [1.29, 1.82) is 0 Å². The number of carbonyl (C=O) groups is 2. The van der Waals surface area contributed by atoms with Gasteiger partial charge in [0, 0.05) is 35.1 Å². The lowest BCUT2D eigenvalue weighted by Gasteiger charge is -2.46. The fourth-order valence-electron chi connectivity index (χ4n) is 5.18. The molecule has 6 atom stereocenters. The topological polar surface area (TPSA) is 119 Å². The molecule has 0 aliphatic carbocycles. The number of carboxylic acids is 1. The number of aliphatic hydroxyl groups is 2. The molecule has 1 amide bonds. The van der Waals surface area contributed by atoms with Gasteiger partial charge < -0.3 is 25.5 Å². The van der Waals surface area contributed by atoms with Gasteiger partial charge in [-0.25, -0.2) is 13.9 Å². The molecule has 170 valence electrons. The lowest BCUT2D eigenvalue weighted by Crippen LogP contribution is -2.63. The predicted molar refractivity (Wildman–Crippen MR) is 114 cm³/mol. The molecular formula is C21H31N4O5S+. The fourth-order valence-corrected chi connectivity index (χ4v) is 6.70. The average molecular weight is 452 g/mol. The van der Waals surface area contributed by atoms with Crippen LogP contribution in [0.1, 0.15) is 26.0 Å². The van der Waals surface area contributed by atoms with E-state index in [1.807, 2.05) is 24.9 Å². The van der Waals surface area contributed by atoms with Gasteiger partial charge in [-0.3, -0.25) is 4.79 Å². The van der Waals surface area contributed by atoms with Gasteiger partial charge in [0.25, 0.3) is 0 Å². The zero-order chi connectivity index (χ0) is 22.4. The SMILES string of the molecule is C[C@@H](O)[C@H]1C(=O)N2C(C(=O)O)=C(S[C@@H]3CN[C@H](Cc4c[n+](CCO)cn4C)C3)[C@H](C)[C@H]12. The number of thioether (sulfide) groups is 1. The van der Waals surface area contributed by atoms with Crippen LogP contribution >= 0.6 is 11.8 Å². The molecule has 0 unspecified atom stereocenters. The van der Waals surface area contributed by atoms with E-state index in [1.165, 1.54) is 10.6 Å². The molecule has 1 aromatic heterocycles. The maximum atomic E-state index is 12.5. The van der Waals surface area contributed by atoms with Crippen molar-refractivity contribution in [3.05, 3.63) is 28.8 Å². The summed E-state index contributed by atoms with van der Waals surface area (Å²) >= 11 is 1.57. The Bertz CT molecular complexity index is 914. The minimum absolute atomic E-state index is 0.0975. The Morgan fingerprint density at radius 1 is 1.45 bits per heavy atom. The van der Waals surface area contributed by atoms with Crippen LogP contribution in [0, 0.1) is 11.8 Å². The summed E-state index contributed by atoms with van der Waals surface area (Å²) in [6.07, 6.45) is 4.99. The maximum Gasteiger partial charge on any atom is 0.353 e. The number of carboxylic acid groups (broad SMARTS) is 1. The molecular weight excluding hydrogens is 420 g/mol. The van der Waals surface area contributed by atoms with Crippen LogP contribution in [0.3, 0.4) is 0 Å². The van der Waals surface area contributed by atoms with Crippen molar-refractivity contribution in [3.63, 3.8) is 0 Å². The number of rotatable bonds is 8. The number of carbonyl (C=O) groups excluding carboxylic acids is 1. The van der Waals surface area contributed by atoms with Gasteiger partial charge in [0.05, 0.1) is 31.7 Å². The Hall–Kier alpha value is -1.88. The number of fused-ring (bicyclic) bond motifs is 1. The molecule has 0 spiro atoms. The van der Waals surface area contributed by atoms with Crippen molar-refractivity contribution in [2.24, 2.45) is 18.9 Å². The predicted octanol–water partition coefficient (Wildman–Crippen LogP) is -0.535. The molecule has 2 saturated heterocycles. The summed E-state index contributed by atoms with van der Waals surface area (Å²) in [6.45, 7) is 5.00. The number of imidazole rings is 1. The van der Waals surface area contributed by atoms with Gasteiger partial charge >= 0.3 is 5.97 Å². The fraction of sp³-hybridized carbons (Fsp3) is 0.667. The first-order chi connectivity index (χ1) is 14.7. The van der Waals surface area contributed by atoms with Gasteiger partial charge in [-0.05, 0) is 13.3 Å². The zero-order valence-electron chi connectivity index (χ0n) is 18.1. The van der Waals surface area contributed by atoms with Crippen molar-refractivity contribution >= 4 is 23.6 Å². The number of aliphatic hydroxyl groups excluding tert-OH is 2. The van der Waals surface area contributed by atoms with Crippen LogP contribution in [0.2, 0.25) is 0 Å². The first kappa shape index (κ1) is 22.3. The second-order valence-corrected chi connectivity index (χ2v) is 10.2. The third-order valence-electron chi connectivity index (χ3n) is 6.69. The first-order valence-electron chi connectivity index (χ1n) is 10.8. The van der Waals surface area contributed by atoms with Crippen LogP contribution in [0.4, 0.5) is 0 Å². The summed E-state index contributed by atoms with van der Waals surface area (Å²) in [7, 11) is 1.99. The van der Waals surface area contributed by atoms with Crippen molar-refractivity contribution in [3.8, 4) is 0 Å². The molecule has 0 aromatic carbocycles. The van der Waals surface area contributed by atoms with Crippen LogP contribution in [0.5, 0.6) is 0 Å². The number of aliphatic carboxylic acids is 1. The van der Waals surface area contributed by atoms with Crippen LogP contribution in [0.15, 0.2) is 23.1 Å². The van der Waals surface area contributed by atoms with Gasteiger partial charge in [0.15, 0.2) is 0 Å². The maximum absolute atomic E-state index is 12.5. The highest BCUT2D eigenvalue weighted by molar-refractivity contribution is 8.03. The Morgan fingerprint density at radius 3 is 2.84 bits per heavy atom. The number of β-lactam (4-membered cyclic amide) rings is 1. The van der Waals surface area contributed by atoms with Gasteiger partial charge in [-0.2, -0.15) is 0 Å². The van der Waals surface area contributed by atoms with Gasteiger partial charge in [0.1, 0.15) is 24.1 Å². The van der Waals surface area contributed by atoms with E-state index >= 15 is 0 Å². The van der Waals surface area contributed by atoms with Crippen LogP contribution in [-0.4, -0.2) is 73.3 Å². The number of hydrogen-bond acceptors (Lipinski definition) is 6. The summed E-state index contributed by atoms with van der Waals surface area (Å²) in [4.78, 5) is 26.6. The number of amides is 1. The highest BCUT2D eigenvalue weighted by Gasteiger charge is 2.60. The highest BCUT2D eigenvalue weighted by atomic mass is 32.2. The lowest BCUT2D eigenvalue weighted by molar-refractivity contribution is -0.697. The van der Waals surface area contributed by atoms with E-state index in [2.05, 4.69) is 16.1 Å². The van der Waals surface area contributed by atoms with Crippen molar-refractivity contribution < 1.29 is 29.5 Å². The van der Waals surface area contributed by atoms with E-state index in [0.29, 0.717) is 6.54 Å². The number of aromatic nitrogens is 2. The summed E-state index contributed by atoms with van der Waals surface area (Å²) in [5.74, 6) is -1.99. The Morgan fingerprint density at radius 2 is 2.19 bits per heavy atom. The molecule has 3 aliphatic heterocycles. The third-order valence-corrected chi connectivity index (χ3v) is 8.20. The minimum Gasteiger partial charge on any atom is -0.477 e. The van der Waals surface area contributed by atoms with Gasteiger partial charge in [0.2, 0.25) is 12.2 Å². The van der Waals surface area contributed by atoms with E-state index in [-0.39, 0.29) is 41.5 Å². The molecule has 4 heterocycles. The Kier molecular flexibility index (Phi) is 6.17. The van der Waals surface area contributed by atoms with E-state index in [1.54, 1.807) is 18.7 Å². The summed E-state index contributed by atoms with van der Waals surface area (Å²) < 4.78 is 4.04. The number of hydrogen-bond donors (Lipinski definition) is 4. The van der Waals surface area contributed by atoms with Crippen LogP contribution in [-0.2, 0) is 29.6 Å². The van der Waals surface area contributed by atoms with Gasteiger partial charge in [-0.1, -0.05) is 6.92 Å². The van der Waals surface area contributed by atoms with E-state index in [9.17, 15) is 19.8 Å². The Balaban J connectivity index is 1.44. The van der Waals surface area contributed by atoms with E-state index in [0.717, 1.165) is 24.3 Å². The minimum atomic E-state index is -1.08.